The summed E-state index contributed by atoms with van der Waals surface area (Å²) in [6.45, 7) is 3.78. The molecule has 0 amide bonds. The zero-order valence-electron chi connectivity index (χ0n) is 12.6. The average molecular weight is 311 g/mol. The molecule has 5 heteroatoms. The van der Waals surface area contributed by atoms with Crippen molar-refractivity contribution in [3.05, 3.63) is 48.4 Å². The lowest BCUT2D eigenvalue weighted by atomic mass is 9.84. The molecule has 112 valence electrons. The van der Waals surface area contributed by atoms with Crippen LogP contribution in [0.25, 0.3) is 5.70 Å². The normalized spacial score (nSPS) is 24.5. The van der Waals surface area contributed by atoms with Crippen molar-refractivity contribution in [2.75, 3.05) is 4.90 Å². The monoisotopic (exact) mass is 311 g/mol. The highest BCUT2D eigenvalue weighted by Gasteiger charge is 2.48. The van der Waals surface area contributed by atoms with Gasteiger partial charge in [-0.1, -0.05) is 24.6 Å². The zero-order chi connectivity index (χ0) is 15.3. The summed E-state index contributed by atoms with van der Waals surface area (Å²) in [6, 6.07) is 0. The van der Waals surface area contributed by atoms with Crippen LogP contribution in [0, 0.1) is 0 Å². The number of carbonyl (C=O) groups excluding carboxylic acids is 1. The maximum atomic E-state index is 11.5. The minimum absolute atomic E-state index is 0.0777. The molecule has 1 aliphatic carbocycles. The number of fused-ring (bicyclic) bond motifs is 3. The van der Waals surface area contributed by atoms with E-state index in [1.165, 1.54) is 23.0 Å². The molecule has 0 bridgehead atoms. The van der Waals surface area contributed by atoms with Gasteiger partial charge >= 0.3 is 0 Å². The molecule has 3 heterocycles. The Kier molecular flexibility index (Phi) is 2.94. The van der Waals surface area contributed by atoms with Gasteiger partial charge in [-0.05, 0) is 42.8 Å². The molecular weight excluding hydrogens is 294 g/mol. The van der Waals surface area contributed by atoms with Gasteiger partial charge in [-0.15, -0.1) is 0 Å². The zero-order valence-corrected chi connectivity index (χ0v) is 13.4. The van der Waals surface area contributed by atoms with Crippen LogP contribution in [-0.2, 0) is 4.79 Å². The van der Waals surface area contributed by atoms with Gasteiger partial charge in [0, 0.05) is 13.1 Å². The number of aromatic nitrogens is 2. The Balaban J connectivity index is 1.91. The van der Waals surface area contributed by atoms with Gasteiger partial charge in [-0.2, -0.15) is 0 Å². The second kappa shape index (κ2) is 4.74. The van der Waals surface area contributed by atoms with Crippen LogP contribution in [-0.4, -0.2) is 20.2 Å². The van der Waals surface area contributed by atoms with Gasteiger partial charge in [0.05, 0.1) is 11.9 Å². The van der Waals surface area contributed by atoms with Gasteiger partial charge in [0.25, 0.3) is 0 Å². The van der Waals surface area contributed by atoms with Crippen LogP contribution in [0.15, 0.2) is 53.4 Å². The van der Waals surface area contributed by atoms with E-state index < -0.39 is 0 Å². The molecule has 0 saturated carbocycles. The van der Waals surface area contributed by atoms with Crippen LogP contribution in [0.5, 0.6) is 0 Å². The lowest BCUT2D eigenvalue weighted by molar-refractivity contribution is -0.109. The molecule has 1 spiro atoms. The van der Waals surface area contributed by atoms with Gasteiger partial charge in [-0.25, -0.2) is 4.98 Å². The smallest absolute Gasteiger partial charge is 0.216 e. The molecular formula is C17H17N3OS. The van der Waals surface area contributed by atoms with E-state index in [0.29, 0.717) is 0 Å². The summed E-state index contributed by atoms with van der Waals surface area (Å²) in [5.41, 5.74) is 2.33. The third kappa shape index (κ3) is 1.72. The Bertz CT molecular complexity index is 784. The van der Waals surface area contributed by atoms with Crippen LogP contribution >= 0.6 is 11.8 Å². The Morgan fingerprint density at radius 1 is 1.45 bits per heavy atom. The molecule has 3 aliphatic rings. The molecule has 2 aliphatic heterocycles. The van der Waals surface area contributed by atoms with E-state index >= 15 is 0 Å². The molecule has 0 N–H and O–H groups in total. The summed E-state index contributed by atoms with van der Waals surface area (Å²) in [5.74, 6) is 0.879. The van der Waals surface area contributed by atoms with E-state index in [4.69, 9.17) is 0 Å². The maximum Gasteiger partial charge on any atom is 0.216 e. The lowest BCUT2D eigenvalue weighted by Crippen LogP contribution is -2.42. The van der Waals surface area contributed by atoms with Crippen molar-refractivity contribution >= 4 is 28.5 Å². The number of anilines is 1. The number of allylic oxidation sites excluding steroid dienone is 4. The Labute approximate surface area is 133 Å². The summed E-state index contributed by atoms with van der Waals surface area (Å²) in [4.78, 5) is 18.3. The van der Waals surface area contributed by atoms with Crippen molar-refractivity contribution in [2.24, 2.45) is 0 Å². The van der Waals surface area contributed by atoms with Gasteiger partial charge in [0.2, 0.25) is 5.95 Å². The molecule has 4 rings (SSSR count). The fourth-order valence-corrected chi connectivity index (χ4v) is 4.07. The minimum Gasteiger partial charge on any atom is -0.300 e. The summed E-state index contributed by atoms with van der Waals surface area (Å²) in [6.07, 6.45) is 16.8. The van der Waals surface area contributed by atoms with E-state index in [-0.39, 0.29) is 10.7 Å². The van der Waals surface area contributed by atoms with E-state index in [9.17, 15) is 4.79 Å². The van der Waals surface area contributed by atoms with Crippen molar-refractivity contribution in [1.29, 1.82) is 0 Å². The summed E-state index contributed by atoms with van der Waals surface area (Å²) < 4.78 is 2.12. The van der Waals surface area contributed by atoms with Crippen LogP contribution < -0.4 is 4.90 Å². The second-order valence-corrected chi connectivity index (χ2v) is 6.87. The van der Waals surface area contributed by atoms with Gasteiger partial charge in [0.15, 0.2) is 5.12 Å². The second-order valence-electron chi connectivity index (χ2n) is 5.67. The minimum atomic E-state index is -0.284. The van der Waals surface area contributed by atoms with Crippen LogP contribution in [0.2, 0.25) is 0 Å². The van der Waals surface area contributed by atoms with Gasteiger partial charge in [-0.3, -0.25) is 14.3 Å². The topological polar surface area (TPSA) is 38.1 Å². The maximum absolute atomic E-state index is 11.5. The van der Waals surface area contributed by atoms with Crippen molar-refractivity contribution in [2.45, 2.75) is 37.3 Å². The number of imidazole rings is 1. The van der Waals surface area contributed by atoms with Crippen LogP contribution in [0.4, 0.5) is 5.95 Å². The SMILES string of the molecule is CCC1=CC23C=CC=CN2c2ncc(SC(C)=O)n2C3=CC1. The third-order valence-electron chi connectivity index (χ3n) is 4.36. The molecule has 1 aromatic heterocycles. The number of rotatable bonds is 2. The van der Waals surface area contributed by atoms with Crippen LogP contribution in [0.1, 0.15) is 26.7 Å². The molecule has 1 unspecified atom stereocenters. The third-order valence-corrected chi connectivity index (χ3v) is 5.14. The van der Waals surface area contributed by atoms with Gasteiger partial charge in [0.1, 0.15) is 10.6 Å². The summed E-state index contributed by atoms with van der Waals surface area (Å²) >= 11 is 1.24. The Hall–Kier alpha value is -2.01. The average Bonchev–Trinajstić information content (AvgIpc) is 3.02. The van der Waals surface area contributed by atoms with E-state index in [2.05, 4.69) is 51.9 Å². The lowest BCUT2D eigenvalue weighted by Gasteiger charge is -2.36. The van der Waals surface area contributed by atoms with Crippen molar-refractivity contribution in [1.82, 2.24) is 9.55 Å². The first-order valence-electron chi connectivity index (χ1n) is 7.49. The fraction of sp³-hybridized carbons (Fsp3) is 0.294. The summed E-state index contributed by atoms with van der Waals surface area (Å²) in [7, 11) is 0. The van der Waals surface area contributed by atoms with Crippen molar-refractivity contribution in [3.8, 4) is 0 Å². The number of nitrogens with zero attached hydrogens (tertiary/aromatic N) is 3. The number of thioether (sulfide) groups is 1. The van der Waals surface area contributed by atoms with Gasteiger partial charge < -0.3 is 0 Å². The van der Waals surface area contributed by atoms with E-state index in [1.807, 2.05) is 6.08 Å². The first kappa shape index (κ1) is 13.6. The molecule has 0 aromatic carbocycles. The summed E-state index contributed by atoms with van der Waals surface area (Å²) in [5, 5.41) is 0.964. The highest BCUT2D eigenvalue weighted by atomic mass is 32.2. The predicted octanol–water partition coefficient (Wildman–Crippen LogP) is 3.75. The number of carbonyl (C=O) groups is 1. The highest BCUT2D eigenvalue weighted by Crippen LogP contribution is 2.50. The molecule has 0 saturated heterocycles. The number of hydrogen-bond donors (Lipinski definition) is 0. The molecule has 1 aromatic rings. The first-order chi connectivity index (χ1) is 10.7. The van der Waals surface area contributed by atoms with E-state index in [1.54, 1.807) is 13.1 Å². The van der Waals surface area contributed by atoms with E-state index in [0.717, 1.165) is 23.8 Å². The molecule has 0 radical (unpaired) electrons. The van der Waals surface area contributed by atoms with Crippen molar-refractivity contribution in [3.63, 3.8) is 0 Å². The number of hydrogen-bond acceptors (Lipinski definition) is 4. The Morgan fingerprint density at radius 3 is 3.09 bits per heavy atom. The largest absolute Gasteiger partial charge is 0.300 e. The van der Waals surface area contributed by atoms with Crippen molar-refractivity contribution < 1.29 is 4.79 Å². The highest BCUT2D eigenvalue weighted by molar-refractivity contribution is 8.13. The standard InChI is InChI=1S/C17H17N3OS/c1-3-13-6-7-14-17(10-13)8-4-5-9-19(17)16-18-11-15(20(14)16)22-12(2)21/h4-5,7-11H,3,6H2,1-2H3. The molecule has 0 fully saturated rings. The quantitative estimate of drug-likeness (QED) is 0.616. The Morgan fingerprint density at radius 2 is 2.32 bits per heavy atom. The van der Waals surface area contributed by atoms with Crippen LogP contribution in [0.3, 0.4) is 0 Å². The molecule has 4 nitrogen and oxygen atoms in total. The molecule has 22 heavy (non-hydrogen) atoms. The predicted molar refractivity (Wildman–Crippen MR) is 89.5 cm³/mol. The first-order valence-corrected chi connectivity index (χ1v) is 8.30. The molecule has 1 atom stereocenters. The fourth-order valence-electron chi connectivity index (χ4n) is 3.39.